The van der Waals surface area contributed by atoms with Gasteiger partial charge in [-0.3, -0.25) is 4.98 Å². The molecule has 1 saturated heterocycles. The second kappa shape index (κ2) is 7.13. The lowest BCUT2D eigenvalue weighted by Gasteiger charge is -2.37. The molecular weight excluding hydrogens is 288 g/mol. The van der Waals surface area contributed by atoms with Gasteiger partial charge in [0.15, 0.2) is 0 Å². The Kier molecular flexibility index (Phi) is 4.76. The maximum atomic E-state index is 12.3. The molecule has 0 bridgehead atoms. The number of carbonyl (C=O) groups is 1. The molecule has 0 atom stereocenters. The molecule has 1 aromatic heterocycles. The van der Waals surface area contributed by atoms with Gasteiger partial charge < -0.3 is 15.1 Å². The van der Waals surface area contributed by atoms with Crippen LogP contribution in [0.5, 0.6) is 0 Å². The first-order valence-electron chi connectivity index (χ1n) is 7.98. The molecular formula is C18H22N4O. The zero-order valence-electron chi connectivity index (χ0n) is 13.4. The molecule has 1 aromatic carbocycles. The first kappa shape index (κ1) is 15.3. The number of nitrogens with one attached hydrogen (secondary N) is 1. The van der Waals surface area contributed by atoms with E-state index < -0.39 is 0 Å². The summed E-state index contributed by atoms with van der Waals surface area (Å²) in [6, 6.07) is 14.4. The Hall–Kier alpha value is -2.56. The van der Waals surface area contributed by atoms with Crippen LogP contribution in [0.3, 0.4) is 0 Å². The quantitative estimate of drug-likeness (QED) is 0.947. The number of anilines is 2. The van der Waals surface area contributed by atoms with E-state index in [1.165, 1.54) is 5.69 Å². The summed E-state index contributed by atoms with van der Waals surface area (Å²) in [7, 11) is 2.13. The average molecular weight is 310 g/mol. The van der Waals surface area contributed by atoms with E-state index in [1.54, 1.807) is 24.5 Å². The predicted molar refractivity (Wildman–Crippen MR) is 92.7 cm³/mol. The number of hydrogen-bond donors (Lipinski definition) is 1. The van der Waals surface area contributed by atoms with Crippen molar-refractivity contribution in [2.24, 2.45) is 0 Å². The zero-order chi connectivity index (χ0) is 16.1. The highest BCUT2D eigenvalue weighted by atomic mass is 16.2. The molecule has 120 valence electrons. The fourth-order valence-electron chi connectivity index (χ4n) is 2.97. The molecule has 5 nitrogen and oxygen atoms in total. The van der Waals surface area contributed by atoms with Crippen LogP contribution in [0.25, 0.3) is 0 Å². The van der Waals surface area contributed by atoms with E-state index in [2.05, 4.69) is 46.5 Å². The number of benzene rings is 1. The van der Waals surface area contributed by atoms with E-state index in [1.807, 2.05) is 11.0 Å². The number of hydrogen-bond acceptors (Lipinski definition) is 3. The lowest BCUT2D eigenvalue weighted by Crippen LogP contribution is -2.47. The van der Waals surface area contributed by atoms with E-state index in [0.29, 0.717) is 6.04 Å². The highest BCUT2D eigenvalue weighted by molar-refractivity contribution is 5.89. The Morgan fingerprint density at radius 2 is 1.78 bits per heavy atom. The van der Waals surface area contributed by atoms with Crippen molar-refractivity contribution in [2.45, 2.75) is 18.9 Å². The molecule has 0 saturated carbocycles. The third-order valence-corrected chi connectivity index (χ3v) is 4.39. The first-order chi connectivity index (χ1) is 11.2. The monoisotopic (exact) mass is 310 g/mol. The molecule has 0 unspecified atom stereocenters. The van der Waals surface area contributed by atoms with Gasteiger partial charge in [-0.15, -0.1) is 0 Å². The number of carbonyl (C=O) groups excluding carboxylic acids is 1. The maximum absolute atomic E-state index is 12.3. The molecule has 5 heteroatoms. The molecule has 0 aliphatic carbocycles. The van der Waals surface area contributed by atoms with E-state index in [4.69, 9.17) is 0 Å². The summed E-state index contributed by atoms with van der Waals surface area (Å²) in [4.78, 5) is 20.4. The fraction of sp³-hybridized carbons (Fsp3) is 0.333. The number of likely N-dealkylation sites (tertiary alicyclic amines) is 1. The second-order valence-corrected chi connectivity index (χ2v) is 5.83. The van der Waals surface area contributed by atoms with Gasteiger partial charge in [-0.25, -0.2) is 4.79 Å². The molecule has 1 aliphatic heterocycles. The van der Waals surface area contributed by atoms with Crippen LogP contribution in [0.15, 0.2) is 54.9 Å². The Morgan fingerprint density at radius 3 is 2.43 bits per heavy atom. The van der Waals surface area contributed by atoms with Gasteiger partial charge in [-0.1, -0.05) is 18.2 Å². The maximum Gasteiger partial charge on any atom is 0.321 e. The van der Waals surface area contributed by atoms with Crippen molar-refractivity contribution >= 4 is 17.4 Å². The van der Waals surface area contributed by atoms with Crippen molar-refractivity contribution in [3.8, 4) is 0 Å². The third-order valence-electron chi connectivity index (χ3n) is 4.39. The van der Waals surface area contributed by atoms with Crippen LogP contribution in [0.4, 0.5) is 16.2 Å². The second-order valence-electron chi connectivity index (χ2n) is 5.83. The van der Waals surface area contributed by atoms with Crippen LogP contribution >= 0.6 is 0 Å². The summed E-state index contributed by atoms with van der Waals surface area (Å²) in [6.45, 7) is 1.55. The Balaban J connectivity index is 1.53. The summed E-state index contributed by atoms with van der Waals surface area (Å²) < 4.78 is 0. The van der Waals surface area contributed by atoms with Crippen LogP contribution in [-0.2, 0) is 0 Å². The molecule has 2 amide bonds. The fourth-order valence-corrected chi connectivity index (χ4v) is 2.97. The molecule has 0 radical (unpaired) electrons. The van der Waals surface area contributed by atoms with E-state index in [-0.39, 0.29) is 6.03 Å². The molecule has 1 fully saturated rings. The standard InChI is InChI=1S/C18H22N4O/c1-21(16-5-3-2-4-6-16)17-9-13-22(14-10-17)18(23)20-15-7-11-19-12-8-15/h2-8,11-12,17H,9-10,13-14H2,1H3,(H,19,20,23). The van der Waals surface area contributed by atoms with Gasteiger partial charge in [-0.05, 0) is 37.1 Å². The van der Waals surface area contributed by atoms with E-state index in [9.17, 15) is 4.79 Å². The van der Waals surface area contributed by atoms with Gasteiger partial charge in [0.1, 0.15) is 0 Å². The van der Waals surface area contributed by atoms with Gasteiger partial charge in [0.25, 0.3) is 0 Å². The molecule has 23 heavy (non-hydrogen) atoms. The number of para-hydroxylation sites is 1. The van der Waals surface area contributed by atoms with Crippen molar-refractivity contribution in [3.05, 3.63) is 54.9 Å². The predicted octanol–water partition coefficient (Wildman–Crippen LogP) is 3.21. The molecule has 3 rings (SSSR count). The van der Waals surface area contributed by atoms with Gasteiger partial charge in [0.05, 0.1) is 0 Å². The summed E-state index contributed by atoms with van der Waals surface area (Å²) in [5, 5.41) is 2.92. The van der Waals surface area contributed by atoms with Crippen molar-refractivity contribution in [1.82, 2.24) is 9.88 Å². The minimum Gasteiger partial charge on any atom is -0.371 e. The van der Waals surface area contributed by atoms with Gasteiger partial charge in [0.2, 0.25) is 0 Å². The lowest BCUT2D eigenvalue weighted by molar-refractivity contribution is 0.194. The largest absolute Gasteiger partial charge is 0.371 e. The van der Waals surface area contributed by atoms with E-state index in [0.717, 1.165) is 31.6 Å². The van der Waals surface area contributed by atoms with Crippen LogP contribution in [0.1, 0.15) is 12.8 Å². The smallest absolute Gasteiger partial charge is 0.321 e. The lowest BCUT2D eigenvalue weighted by atomic mass is 10.0. The Labute approximate surface area is 136 Å². The van der Waals surface area contributed by atoms with Crippen molar-refractivity contribution in [3.63, 3.8) is 0 Å². The Morgan fingerprint density at radius 1 is 1.13 bits per heavy atom. The summed E-state index contributed by atoms with van der Waals surface area (Å²) in [6.07, 6.45) is 5.32. The minimum absolute atomic E-state index is 0.0305. The first-order valence-corrected chi connectivity index (χ1v) is 7.98. The topological polar surface area (TPSA) is 48.5 Å². The molecule has 1 N–H and O–H groups in total. The average Bonchev–Trinajstić information content (AvgIpc) is 2.63. The van der Waals surface area contributed by atoms with Crippen LogP contribution in [0, 0.1) is 0 Å². The Bertz CT molecular complexity index is 624. The summed E-state index contributed by atoms with van der Waals surface area (Å²) in [5.41, 5.74) is 2.01. The van der Waals surface area contributed by atoms with Gasteiger partial charge in [-0.2, -0.15) is 0 Å². The molecule has 2 aromatic rings. The molecule has 2 heterocycles. The van der Waals surface area contributed by atoms with Gasteiger partial charge >= 0.3 is 6.03 Å². The van der Waals surface area contributed by atoms with Crippen molar-refractivity contribution in [1.29, 1.82) is 0 Å². The van der Waals surface area contributed by atoms with Crippen LogP contribution in [0.2, 0.25) is 0 Å². The van der Waals surface area contributed by atoms with E-state index >= 15 is 0 Å². The highest BCUT2D eigenvalue weighted by Crippen LogP contribution is 2.22. The number of piperidine rings is 1. The van der Waals surface area contributed by atoms with Crippen molar-refractivity contribution < 1.29 is 4.79 Å². The van der Waals surface area contributed by atoms with Gasteiger partial charge in [0, 0.05) is 49.9 Å². The number of aromatic nitrogens is 1. The van der Waals surface area contributed by atoms with Crippen LogP contribution in [-0.4, -0.2) is 42.1 Å². The highest BCUT2D eigenvalue weighted by Gasteiger charge is 2.25. The van der Waals surface area contributed by atoms with Crippen LogP contribution < -0.4 is 10.2 Å². The zero-order valence-corrected chi connectivity index (χ0v) is 13.4. The SMILES string of the molecule is CN(c1ccccc1)C1CCN(C(=O)Nc2ccncc2)CC1. The number of pyridine rings is 1. The van der Waals surface area contributed by atoms with Crippen molar-refractivity contribution in [2.75, 3.05) is 30.4 Å². The summed E-state index contributed by atoms with van der Waals surface area (Å²) in [5.74, 6) is 0. The number of urea groups is 1. The normalized spacial score (nSPS) is 15.3. The summed E-state index contributed by atoms with van der Waals surface area (Å²) >= 11 is 0. The number of rotatable bonds is 3. The third kappa shape index (κ3) is 3.80. The minimum atomic E-state index is -0.0305. The number of nitrogens with zero attached hydrogens (tertiary/aromatic N) is 3. The molecule has 0 spiro atoms. The molecule has 1 aliphatic rings. The number of amides is 2.